The number of likely N-dealkylation sites (N-methyl/N-ethyl adjacent to an activating group) is 1. The molecular formula is C24H31FN2O6S. The van der Waals surface area contributed by atoms with E-state index in [2.05, 4.69) is 0 Å². The van der Waals surface area contributed by atoms with Crippen molar-refractivity contribution in [1.29, 1.82) is 0 Å². The maximum absolute atomic E-state index is 14.4. The molecule has 186 valence electrons. The Morgan fingerprint density at radius 3 is 2.68 bits per heavy atom. The van der Waals surface area contributed by atoms with Crippen LogP contribution in [-0.4, -0.2) is 81.2 Å². The van der Waals surface area contributed by atoms with Crippen LogP contribution in [0.2, 0.25) is 0 Å². The molecule has 1 aliphatic rings. The highest BCUT2D eigenvalue weighted by Crippen LogP contribution is 2.37. The molecule has 0 aliphatic carbocycles. The van der Waals surface area contributed by atoms with Gasteiger partial charge in [-0.2, -0.15) is 4.31 Å². The molecular weight excluding hydrogens is 463 g/mol. The first kappa shape index (κ1) is 26.1. The van der Waals surface area contributed by atoms with E-state index in [0.29, 0.717) is 11.1 Å². The first-order chi connectivity index (χ1) is 16.1. The van der Waals surface area contributed by atoms with Gasteiger partial charge in [0.15, 0.2) is 0 Å². The fourth-order valence-corrected chi connectivity index (χ4v) is 5.74. The van der Waals surface area contributed by atoms with Gasteiger partial charge in [-0.15, -0.1) is 0 Å². The second kappa shape index (κ2) is 10.8. The van der Waals surface area contributed by atoms with Gasteiger partial charge in [-0.3, -0.25) is 4.79 Å². The smallest absolute Gasteiger partial charge is 0.248 e. The number of carbonyl (C=O) groups is 1. The largest absolute Gasteiger partial charge is 0.487 e. The predicted octanol–water partition coefficient (Wildman–Crippen LogP) is 2.37. The van der Waals surface area contributed by atoms with E-state index in [-0.39, 0.29) is 48.8 Å². The number of sulfonamides is 1. The van der Waals surface area contributed by atoms with Crippen molar-refractivity contribution in [2.24, 2.45) is 5.92 Å². The zero-order valence-electron chi connectivity index (χ0n) is 19.8. The number of rotatable bonds is 7. The van der Waals surface area contributed by atoms with Gasteiger partial charge < -0.3 is 19.5 Å². The zero-order valence-corrected chi connectivity index (χ0v) is 20.6. The van der Waals surface area contributed by atoms with E-state index < -0.39 is 28.0 Å². The Labute approximate surface area is 199 Å². The molecule has 0 fully saturated rings. The molecule has 1 amide bonds. The summed E-state index contributed by atoms with van der Waals surface area (Å²) in [5.41, 5.74) is 0.774. The van der Waals surface area contributed by atoms with Gasteiger partial charge >= 0.3 is 0 Å². The van der Waals surface area contributed by atoms with Gasteiger partial charge in [0, 0.05) is 38.2 Å². The molecule has 2 aromatic carbocycles. The molecule has 0 unspecified atom stereocenters. The Morgan fingerprint density at radius 1 is 1.32 bits per heavy atom. The van der Waals surface area contributed by atoms with E-state index in [9.17, 15) is 22.7 Å². The summed E-state index contributed by atoms with van der Waals surface area (Å²) in [6.07, 6.45) is -0.565. The summed E-state index contributed by atoms with van der Waals surface area (Å²) in [4.78, 5) is 13.7. The molecule has 0 aromatic heterocycles. The van der Waals surface area contributed by atoms with Crippen LogP contribution in [0.3, 0.4) is 0 Å². The molecule has 34 heavy (non-hydrogen) atoms. The molecule has 0 bridgehead atoms. The quantitative estimate of drug-likeness (QED) is 0.635. The van der Waals surface area contributed by atoms with Crippen LogP contribution in [0.25, 0.3) is 11.1 Å². The molecule has 1 N–H and O–H groups in total. The lowest BCUT2D eigenvalue weighted by Crippen LogP contribution is -2.50. The number of aliphatic hydroxyl groups excluding tert-OH is 1. The Balaban J connectivity index is 2.11. The number of hydrogen-bond donors (Lipinski definition) is 1. The zero-order chi connectivity index (χ0) is 25.0. The topological polar surface area (TPSA) is 96.4 Å². The summed E-state index contributed by atoms with van der Waals surface area (Å²) in [5.74, 6) is -0.942. The van der Waals surface area contributed by atoms with Gasteiger partial charge in [-0.05, 0) is 30.7 Å². The summed E-state index contributed by atoms with van der Waals surface area (Å²) < 4.78 is 53.9. The first-order valence-corrected chi connectivity index (χ1v) is 12.4. The number of hydrogen-bond acceptors (Lipinski definition) is 6. The molecule has 0 saturated carbocycles. The molecule has 0 radical (unpaired) electrons. The molecule has 3 rings (SSSR count). The highest BCUT2D eigenvalue weighted by atomic mass is 32.2. The third-order valence-corrected chi connectivity index (χ3v) is 8.02. The van der Waals surface area contributed by atoms with Gasteiger partial charge in [-0.25, -0.2) is 12.8 Å². The molecule has 3 atom stereocenters. The average Bonchev–Trinajstić information content (AvgIpc) is 2.81. The Hall–Kier alpha value is -2.53. The van der Waals surface area contributed by atoms with Gasteiger partial charge in [0.25, 0.3) is 0 Å². The van der Waals surface area contributed by atoms with Crippen molar-refractivity contribution in [3.05, 3.63) is 48.3 Å². The van der Waals surface area contributed by atoms with Crippen molar-refractivity contribution in [2.75, 3.05) is 40.5 Å². The molecule has 1 aliphatic heterocycles. The minimum Gasteiger partial charge on any atom is -0.487 e. The van der Waals surface area contributed by atoms with Crippen molar-refractivity contribution >= 4 is 15.9 Å². The third kappa shape index (κ3) is 5.41. The van der Waals surface area contributed by atoms with E-state index >= 15 is 0 Å². The van der Waals surface area contributed by atoms with Crippen molar-refractivity contribution < 1.29 is 32.2 Å². The van der Waals surface area contributed by atoms with Crippen LogP contribution in [0.4, 0.5) is 4.39 Å². The number of nitrogens with zero attached hydrogens (tertiary/aromatic N) is 2. The number of carbonyl (C=O) groups excluding carboxylic acids is 1. The van der Waals surface area contributed by atoms with Crippen molar-refractivity contribution in [3.63, 3.8) is 0 Å². The van der Waals surface area contributed by atoms with E-state index in [0.717, 1.165) is 0 Å². The lowest BCUT2D eigenvalue weighted by Gasteiger charge is -2.37. The van der Waals surface area contributed by atoms with Gasteiger partial charge in [0.2, 0.25) is 15.9 Å². The van der Waals surface area contributed by atoms with Crippen LogP contribution in [-0.2, 0) is 19.6 Å². The van der Waals surface area contributed by atoms with E-state index in [4.69, 9.17) is 9.47 Å². The van der Waals surface area contributed by atoms with Gasteiger partial charge in [0.1, 0.15) is 29.2 Å². The fraction of sp³-hybridized carbons (Fsp3) is 0.458. The van der Waals surface area contributed by atoms with E-state index in [1.807, 2.05) is 6.92 Å². The normalized spacial score (nSPS) is 21.0. The van der Waals surface area contributed by atoms with Crippen molar-refractivity contribution in [2.45, 2.75) is 30.9 Å². The minimum absolute atomic E-state index is 0.0695. The molecule has 0 saturated heterocycles. The first-order valence-electron chi connectivity index (χ1n) is 11.0. The molecule has 2 aromatic rings. The maximum Gasteiger partial charge on any atom is 0.248 e. The molecule has 1 heterocycles. The van der Waals surface area contributed by atoms with Crippen molar-refractivity contribution in [3.8, 4) is 16.9 Å². The van der Waals surface area contributed by atoms with E-state index in [1.165, 1.54) is 40.6 Å². The van der Waals surface area contributed by atoms with Gasteiger partial charge in [0.05, 0.1) is 13.2 Å². The average molecular weight is 495 g/mol. The van der Waals surface area contributed by atoms with Crippen LogP contribution in [0.5, 0.6) is 5.75 Å². The molecule has 10 heteroatoms. The number of fused-ring (bicyclic) bond motifs is 1. The van der Waals surface area contributed by atoms with Crippen LogP contribution in [0, 0.1) is 11.7 Å². The van der Waals surface area contributed by atoms with Crippen LogP contribution in [0.1, 0.15) is 13.8 Å². The minimum atomic E-state index is -4.02. The van der Waals surface area contributed by atoms with Crippen LogP contribution >= 0.6 is 0 Å². The Morgan fingerprint density at radius 2 is 2.03 bits per heavy atom. The maximum atomic E-state index is 14.4. The summed E-state index contributed by atoms with van der Waals surface area (Å²) in [6.45, 7) is 3.30. The van der Waals surface area contributed by atoms with Crippen LogP contribution in [0.15, 0.2) is 47.4 Å². The Kier molecular flexibility index (Phi) is 8.29. The highest BCUT2D eigenvalue weighted by molar-refractivity contribution is 7.89. The number of ether oxygens (including phenoxy) is 2. The third-order valence-electron chi connectivity index (χ3n) is 6.00. The second-order valence-corrected chi connectivity index (χ2v) is 10.4. The SMILES string of the molecule is COCC(=O)N(C)C[C@@H]1Oc2cc(-c3ccccc3F)ccc2S(=O)(=O)N([C@H](C)CO)C[C@@H]1C. The van der Waals surface area contributed by atoms with E-state index in [1.54, 1.807) is 32.2 Å². The lowest BCUT2D eigenvalue weighted by atomic mass is 10.0. The van der Waals surface area contributed by atoms with Gasteiger partial charge in [-0.1, -0.05) is 31.2 Å². The lowest BCUT2D eigenvalue weighted by molar-refractivity contribution is -0.135. The summed E-state index contributed by atoms with van der Waals surface area (Å²) >= 11 is 0. The standard InChI is InChI=1S/C24H31FN2O6S/c1-16-12-27(17(2)14-28)34(30,31)23-10-9-18(19-7-5-6-8-20(19)25)11-21(23)33-22(16)13-26(3)24(29)15-32-4/h5-11,16-17,22,28H,12-15H2,1-4H3/t16-,17+,22-/m0/s1. The number of aliphatic hydroxyl groups is 1. The number of methoxy groups -OCH3 is 1. The second-order valence-electron chi connectivity index (χ2n) is 8.59. The number of benzene rings is 2. The highest BCUT2D eigenvalue weighted by Gasteiger charge is 2.38. The molecule has 0 spiro atoms. The van der Waals surface area contributed by atoms with Crippen LogP contribution < -0.4 is 4.74 Å². The summed E-state index contributed by atoms with van der Waals surface area (Å²) in [6, 6.07) is 9.98. The monoisotopic (exact) mass is 494 g/mol. The molecule has 8 nitrogen and oxygen atoms in total. The fourth-order valence-electron chi connectivity index (χ4n) is 3.91. The van der Waals surface area contributed by atoms with Crippen molar-refractivity contribution in [1.82, 2.24) is 9.21 Å². The number of halogens is 1. The Bertz CT molecular complexity index is 1130. The number of amides is 1. The summed E-state index contributed by atoms with van der Waals surface area (Å²) in [5, 5.41) is 9.74. The summed E-state index contributed by atoms with van der Waals surface area (Å²) in [7, 11) is -0.965. The predicted molar refractivity (Wildman–Crippen MR) is 125 cm³/mol.